The van der Waals surface area contributed by atoms with Crippen molar-refractivity contribution in [1.29, 1.82) is 0 Å². The SMILES string of the molecule is Cc1ccc(S(=O)(=O)N(CC(=O)NCc2ccc(Cl)cc2Cl)c2cccc(Cl)c2Cl)cc1. The van der Waals surface area contributed by atoms with Crippen molar-refractivity contribution < 1.29 is 13.2 Å². The van der Waals surface area contributed by atoms with Gasteiger partial charge in [-0.25, -0.2) is 8.42 Å². The lowest BCUT2D eigenvalue weighted by molar-refractivity contribution is -0.119. The van der Waals surface area contributed by atoms with Crippen molar-refractivity contribution in [2.75, 3.05) is 10.8 Å². The molecule has 0 aliphatic rings. The first-order chi connectivity index (χ1) is 15.1. The summed E-state index contributed by atoms with van der Waals surface area (Å²) in [6, 6.07) is 15.8. The minimum absolute atomic E-state index is 0.0210. The van der Waals surface area contributed by atoms with E-state index < -0.39 is 22.5 Å². The Hall–Kier alpha value is -1.96. The molecule has 3 aromatic carbocycles. The largest absolute Gasteiger partial charge is 0.350 e. The zero-order chi connectivity index (χ0) is 23.5. The van der Waals surface area contributed by atoms with Crippen LogP contribution in [0.5, 0.6) is 0 Å². The van der Waals surface area contributed by atoms with Crippen LogP contribution in [0.25, 0.3) is 0 Å². The number of anilines is 1. The summed E-state index contributed by atoms with van der Waals surface area (Å²) < 4.78 is 27.8. The van der Waals surface area contributed by atoms with Crippen molar-refractivity contribution in [3.63, 3.8) is 0 Å². The highest BCUT2D eigenvalue weighted by molar-refractivity contribution is 7.92. The van der Waals surface area contributed by atoms with Gasteiger partial charge in [0.2, 0.25) is 5.91 Å². The monoisotopic (exact) mass is 530 g/mol. The highest BCUT2D eigenvalue weighted by Crippen LogP contribution is 2.35. The summed E-state index contributed by atoms with van der Waals surface area (Å²) >= 11 is 24.4. The summed E-state index contributed by atoms with van der Waals surface area (Å²) in [4.78, 5) is 12.8. The van der Waals surface area contributed by atoms with E-state index in [0.717, 1.165) is 9.87 Å². The smallest absolute Gasteiger partial charge is 0.264 e. The molecule has 0 bridgehead atoms. The minimum atomic E-state index is -4.12. The summed E-state index contributed by atoms with van der Waals surface area (Å²) in [6.07, 6.45) is 0. The van der Waals surface area contributed by atoms with Gasteiger partial charge in [0.05, 0.1) is 20.6 Å². The molecule has 0 aromatic heterocycles. The molecule has 0 aliphatic heterocycles. The number of sulfonamides is 1. The quantitative estimate of drug-likeness (QED) is 0.399. The standard InChI is InChI=1S/C22H18Cl4N2O3S/c1-14-5-9-17(10-6-14)32(30,31)28(20-4-2-3-18(24)22(20)26)13-21(29)27-12-15-7-8-16(23)11-19(15)25/h2-11H,12-13H2,1H3,(H,27,29). The van der Waals surface area contributed by atoms with Crippen molar-refractivity contribution in [1.82, 2.24) is 5.32 Å². The number of hydrogen-bond acceptors (Lipinski definition) is 3. The van der Waals surface area contributed by atoms with Gasteiger partial charge in [0, 0.05) is 16.6 Å². The highest BCUT2D eigenvalue weighted by atomic mass is 35.5. The second-order valence-corrected chi connectivity index (χ2v) is 10.4. The average Bonchev–Trinajstić information content (AvgIpc) is 2.74. The van der Waals surface area contributed by atoms with E-state index >= 15 is 0 Å². The second kappa shape index (κ2) is 10.3. The zero-order valence-electron chi connectivity index (χ0n) is 16.8. The highest BCUT2D eigenvalue weighted by Gasteiger charge is 2.29. The van der Waals surface area contributed by atoms with Crippen LogP contribution < -0.4 is 9.62 Å². The van der Waals surface area contributed by atoms with Crippen molar-refractivity contribution in [3.05, 3.63) is 91.9 Å². The van der Waals surface area contributed by atoms with Crippen LogP contribution in [0.3, 0.4) is 0 Å². The fourth-order valence-corrected chi connectivity index (χ4v) is 5.22. The summed E-state index contributed by atoms with van der Waals surface area (Å²) in [5, 5.41) is 3.73. The van der Waals surface area contributed by atoms with Crippen LogP contribution >= 0.6 is 46.4 Å². The Labute approximate surface area is 206 Å². The molecule has 0 aliphatic carbocycles. The molecule has 3 aromatic rings. The molecule has 10 heteroatoms. The van der Waals surface area contributed by atoms with Crippen molar-refractivity contribution in [3.8, 4) is 0 Å². The number of carbonyl (C=O) groups excluding carboxylic acids is 1. The lowest BCUT2D eigenvalue weighted by atomic mass is 10.2. The van der Waals surface area contributed by atoms with Crippen LogP contribution in [-0.4, -0.2) is 20.9 Å². The van der Waals surface area contributed by atoms with E-state index in [1.807, 2.05) is 6.92 Å². The zero-order valence-corrected chi connectivity index (χ0v) is 20.6. The Bertz CT molecular complexity index is 1250. The van der Waals surface area contributed by atoms with Gasteiger partial charge < -0.3 is 5.32 Å². The van der Waals surface area contributed by atoms with E-state index in [0.29, 0.717) is 15.6 Å². The molecular weight excluding hydrogens is 514 g/mol. The van der Waals surface area contributed by atoms with E-state index in [2.05, 4.69) is 5.32 Å². The van der Waals surface area contributed by atoms with Crippen LogP contribution in [0.2, 0.25) is 20.1 Å². The number of benzene rings is 3. The van der Waals surface area contributed by atoms with Gasteiger partial charge in [-0.05, 0) is 48.9 Å². The van der Waals surface area contributed by atoms with Crippen molar-refractivity contribution in [2.45, 2.75) is 18.4 Å². The van der Waals surface area contributed by atoms with Crippen LogP contribution in [0.4, 0.5) is 5.69 Å². The molecule has 168 valence electrons. The Morgan fingerprint density at radius 2 is 1.62 bits per heavy atom. The van der Waals surface area contributed by atoms with E-state index in [1.54, 1.807) is 36.4 Å². The normalized spacial score (nSPS) is 11.3. The van der Waals surface area contributed by atoms with Gasteiger partial charge in [0.25, 0.3) is 10.0 Å². The van der Waals surface area contributed by atoms with Crippen LogP contribution in [0, 0.1) is 6.92 Å². The van der Waals surface area contributed by atoms with Gasteiger partial charge in [0.1, 0.15) is 6.54 Å². The first-order valence-corrected chi connectivity index (χ1v) is 12.3. The third kappa shape index (κ3) is 5.69. The number of aryl methyl sites for hydroxylation is 1. The predicted octanol–water partition coefficient (Wildman–Crippen LogP) is 6.12. The summed E-state index contributed by atoms with van der Waals surface area (Å²) in [6.45, 7) is 1.43. The fourth-order valence-electron chi connectivity index (χ4n) is 2.87. The Morgan fingerprint density at radius 1 is 0.938 bits per heavy atom. The lowest BCUT2D eigenvalue weighted by Gasteiger charge is -2.25. The van der Waals surface area contributed by atoms with Gasteiger partial charge in [0.15, 0.2) is 0 Å². The molecule has 0 radical (unpaired) electrons. The van der Waals surface area contributed by atoms with Gasteiger partial charge >= 0.3 is 0 Å². The van der Waals surface area contributed by atoms with Crippen molar-refractivity contribution in [2.24, 2.45) is 0 Å². The topological polar surface area (TPSA) is 66.5 Å². The molecule has 0 atom stereocenters. The van der Waals surface area contributed by atoms with Gasteiger partial charge in [-0.1, -0.05) is 76.2 Å². The number of nitrogens with one attached hydrogen (secondary N) is 1. The molecule has 5 nitrogen and oxygen atoms in total. The van der Waals surface area contributed by atoms with Crippen molar-refractivity contribution >= 4 is 68.0 Å². The number of hydrogen-bond donors (Lipinski definition) is 1. The molecule has 0 spiro atoms. The number of amides is 1. The van der Waals surface area contributed by atoms with E-state index in [9.17, 15) is 13.2 Å². The Morgan fingerprint density at radius 3 is 2.28 bits per heavy atom. The maximum absolute atomic E-state index is 13.4. The van der Waals surface area contributed by atoms with Gasteiger partial charge in [-0.3, -0.25) is 9.10 Å². The Balaban J connectivity index is 1.91. The second-order valence-electron chi connectivity index (χ2n) is 6.91. The molecule has 0 heterocycles. The number of rotatable bonds is 7. The summed E-state index contributed by atoms with van der Waals surface area (Å²) in [5.41, 5.74) is 1.63. The first-order valence-electron chi connectivity index (χ1n) is 9.33. The summed E-state index contributed by atoms with van der Waals surface area (Å²) in [7, 11) is -4.12. The lowest BCUT2D eigenvalue weighted by Crippen LogP contribution is -2.40. The first kappa shape index (κ1) is 24.7. The van der Waals surface area contributed by atoms with E-state index in [1.165, 1.54) is 24.3 Å². The van der Waals surface area contributed by atoms with E-state index in [-0.39, 0.29) is 27.2 Å². The number of nitrogens with zero attached hydrogens (tertiary/aromatic N) is 1. The average molecular weight is 532 g/mol. The third-order valence-corrected chi connectivity index (χ3v) is 7.76. The number of halogens is 4. The fraction of sp³-hybridized carbons (Fsp3) is 0.136. The predicted molar refractivity (Wildman–Crippen MR) is 130 cm³/mol. The minimum Gasteiger partial charge on any atom is -0.350 e. The molecule has 0 unspecified atom stereocenters. The molecule has 0 fully saturated rings. The van der Waals surface area contributed by atoms with Gasteiger partial charge in [-0.2, -0.15) is 0 Å². The molecular formula is C22H18Cl4N2O3S. The molecule has 1 N–H and O–H groups in total. The molecule has 0 saturated carbocycles. The third-order valence-electron chi connectivity index (χ3n) is 4.59. The maximum Gasteiger partial charge on any atom is 0.264 e. The van der Waals surface area contributed by atoms with Gasteiger partial charge in [-0.15, -0.1) is 0 Å². The molecule has 3 rings (SSSR count). The summed E-state index contributed by atoms with van der Waals surface area (Å²) in [5.74, 6) is -0.553. The molecule has 32 heavy (non-hydrogen) atoms. The molecule has 1 amide bonds. The van der Waals surface area contributed by atoms with Crippen LogP contribution in [0.1, 0.15) is 11.1 Å². The van der Waals surface area contributed by atoms with E-state index in [4.69, 9.17) is 46.4 Å². The van der Waals surface area contributed by atoms with Crippen LogP contribution in [-0.2, 0) is 21.4 Å². The van der Waals surface area contributed by atoms with Crippen LogP contribution in [0.15, 0.2) is 65.6 Å². The maximum atomic E-state index is 13.4. The molecule has 0 saturated heterocycles. The number of carbonyl (C=O) groups is 1. The Kier molecular flexibility index (Phi) is 7.96.